The van der Waals surface area contributed by atoms with Gasteiger partial charge in [0.15, 0.2) is 0 Å². The first kappa shape index (κ1) is 14.1. The van der Waals surface area contributed by atoms with Crippen molar-refractivity contribution in [2.45, 2.75) is 33.1 Å². The SMILES string of the molecule is CCCc1cc(C(=O)N2CC(CC(=O)O)C2)sc1C. The van der Waals surface area contributed by atoms with Gasteiger partial charge in [-0.05, 0) is 25.0 Å². The number of aliphatic carboxylic acids is 1. The third-order valence-corrected chi connectivity index (χ3v) is 4.54. The Balaban J connectivity index is 1.94. The summed E-state index contributed by atoms with van der Waals surface area (Å²) in [7, 11) is 0. The summed E-state index contributed by atoms with van der Waals surface area (Å²) in [5.74, 6) is -0.607. The van der Waals surface area contributed by atoms with Gasteiger partial charge in [0.05, 0.1) is 11.3 Å². The van der Waals surface area contributed by atoms with Crippen molar-refractivity contribution in [3.63, 3.8) is 0 Å². The largest absolute Gasteiger partial charge is 0.481 e. The average Bonchev–Trinajstić information content (AvgIpc) is 2.64. The molecule has 0 saturated carbocycles. The van der Waals surface area contributed by atoms with E-state index in [1.165, 1.54) is 10.4 Å². The van der Waals surface area contributed by atoms with Crippen LogP contribution in [-0.4, -0.2) is 35.0 Å². The molecule has 19 heavy (non-hydrogen) atoms. The van der Waals surface area contributed by atoms with E-state index in [0.717, 1.165) is 17.7 Å². The summed E-state index contributed by atoms with van der Waals surface area (Å²) in [6, 6.07) is 2.00. The number of carboxylic acid groups (broad SMARTS) is 1. The van der Waals surface area contributed by atoms with E-state index in [2.05, 4.69) is 13.8 Å². The molecule has 0 atom stereocenters. The third kappa shape index (κ3) is 3.15. The second-order valence-corrected chi connectivity index (χ2v) is 6.37. The van der Waals surface area contributed by atoms with Crippen LogP contribution in [-0.2, 0) is 11.2 Å². The minimum Gasteiger partial charge on any atom is -0.481 e. The molecular weight excluding hydrogens is 262 g/mol. The second-order valence-electron chi connectivity index (χ2n) is 5.12. The average molecular weight is 281 g/mol. The summed E-state index contributed by atoms with van der Waals surface area (Å²) in [5, 5.41) is 8.69. The zero-order valence-corrected chi connectivity index (χ0v) is 12.1. The predicted octanol–water partition coefficient (Wildman–Crippen LogP) is 2.56. The molecule has 1 aliphatic rings. The van der Waals surface area contributed by atoms with Crippen molar-refractivity contribution in [2.24, 2.45) is 5.92 Å². The van der Waals surface area contributed by atoms with Gasteiger partial charge in [0, 0.05) is 23.9 Å². The lowest BCUT2D eigenvalue weighted by Gasteiger charge is -2.38. The quantitative estimate of drug-likeness (QED) is 0.902. The van der Waals surface area contributed by atoms with Gasteiger partial charge in [-0.15, -0.1) is 11.3 Å². The fourth-order valence-corrected chi connectivity index (χ4v) is 3.45. The number of nitrogens with zero attached hydrogens (tertiary/aromatic N) is 1. The van der Waals surface area contributed by atoms with Crippen LogP contribution in [0.4, 0.5) is 0 Å². The first-order chi connectivity index (χ1) is 9.01. The molecule has 2 heterocycles. The van der Waals surface area contributed by atoms with Crippen LogP contribution in [0.5, 0.6) is 0 Å². The molecule has 1 aromatic heterocycles. The molecule has 1 amide bonds. The van der Waals surface area contributed by atoms with Gasteiger partial charge in [-0.2, -0.15) is 0 Å². The summed E-state index contributed by atoms with van der Waals surface area (Å²) in [6.45, 7) is 5.33. The molecule has 1 aromatic rings. The van der Waals surface area contributed by atoms with Crippen LogP contribution >= 0.6 is 11.3 Å². The highest BCUT2D eigenvalue weighted by atomic mass is 32.1. The van der Waals surface area contributed by atoms with Crippen molar-refractivity contribution in [3.05, 3.63) is 21.4 Å². The number of hydrogen-bond acceptors (Lipinski definition) is 3. The maximum Gasteiger partial charge on any atom is 0.303 e. The lowest BCUT2D eigenvalue weighted by molar-refractivity contribution is -0.139. The highest BCUT2D eigenvalue weighted by Crippen LogP contribution is 2.27. The Morgan fingerprint density at radius 1 is 1.47 bits per heavy atom. The zero-order valence-electron chi connectivity index (χ0n) is 11.3. The van der Waals surface area contributed by atoms with Crippen LogP contribution in [0.15, 0.2) is 6.07 Å². The molecule has 1 fully saturated rings. The van der Waals surface area contributed by atoms with E-state index >= 15 is 0 Å². The van der Waals surface area contributed by atoms with Crippen molar-refractivity contribution >= 4 is 23.2 Å². The third-order valence-electron chi connectivity index (χ3n) is 3.46. The number of thiophene rings is 1. The molecule has 1 aliphatic heterocycles. The summed E-state index contributed by atoms with van der Waals surface area (Å²) >= 11 is 1.55. The van der Waals surface area contributed by atoms with Gasteiger partial charge in [0.1, 0.15) is 0 Å². The van der Waals surface area contributed by atoms with E-state index in [1.54, 1.807) is 16.2 Å². The van der Waals surface area contributed by atoms with E-state index in [1.807, 2.05) is 6.07 Å². The minimum atomic E-state index is -0.783. The first-order valence-corrected chi connectivity index (χ1v) is 7.43. The molecule has 1 saturated heterocycles. The van der Waals surface area contributed by atoms with E-state index in [-0.39, 0.29) is 18.2 Å². The summed E-state index contributed by atoms with van der Waals surface area (Å²) in [4.78, 5) is 26.5. The van der Waals surface area contributed by atoms with Crippen molar-refractivity contribution in [3.8, 4) is 0 Å². The Morgan fingerprint density at radius 3 is 2.74 bits per heavy atom. The Labute approximate surface area is 117 Å². The van der Waals surface area contributed by atoms with Crippen molar-refractivity contribution in [2.75, 3.05) is 13.1 Å². The zero-order chi connectivity index (χ0) is 14.0. The van der Waals surface area contributed by atoms with Crippen LogP contribution in [0.3, 0.4) is 0 Å². The molecule has 0 bridgehead atoms. The smallest absolute Gasteiger partial charge is 0.303 e. The van der Waals surface area contributed by atoms with Crippen LogP contribution in [0.1, 0.15) is 39.9 Å². The maximum absolute atomic E-state index is 12.2. The number of carboxylic acids is 1. The normalized spacial score (nSPS) is 15.4. The molecule has 0 unspecified atom stereocenters. The van der Waals surface area contributed by atoms with Crippen LogP contribution in [0.2, 0.25) is 0 Å². The molecule has 0 spiro atoms. The standard InChI is InChI=1S/C14H19NO3S/c1-3-4-11-6-12(19-9(11)2)14(18)15-7-10(8-15)5-13(16)17/h6,10H,3-5,7-8H2,1-2H3,(H,16,17). The summed E-state index contributed by atoms with van der Waals surface area (Å²) in [6.07, 6.45) is 2.25. The Morgan fingerprint density at radius 2 is 2.16 bits per heavy atom. The lowest BCUT2D eigenvalue weighted by atomic mass is 9.96. The molecule has 5 heteroatoms. The highest BCUT2D eigenvalue weighted by molar-refractivity contribution is 7.14. The van der Waals surface area contributed by atoms with Gasteiger partial charge in [-0.25, -0.2) is 0 Å². The summed E-state index contributed by atoms with van der Waals surface area (Å²) < 4.78 is 0. The number of amides is 1. The molecule has 4 nitrogen and oxygen atoms in total. The number of hydrogen-bond donors (Lipinski definition) is 1. The van der Waals surface area contributed by atoms with Gasteiger partial charge in [0.25, 0.3) is 5.91 Å². The molecular formula is C14H19NO3S. The molecule has 2 rings (SSSR count). The Kier molecular flexibility index (Phi) is 4.24. The number of aryl methyl sites for hydroxylation is 2. The van der Waals surface area contributed by atoms with E-state index < -0.39 is 5.97 Å². The molecule has 0 aromatic carbocycles. The van der Waals surface area contributed by atoms with Crippen molar-refractivity contribution in [1.29, 1.82) is 0 Å². The molecule has 0 aliphatic carbocycles. The Hall–Kier alpha value is -1.36. The van der Waals surface area contributed by atoms with Gasteiger partial charge < -0.3 is 10.0 Å². The number of carbonyl (C=O) groups is 2. The van der Waals surface area contributed by atoms with Gasteiger partial charge >= 0.3 is 5.97 Å². The minimum absolute atomic E-state index is 0.0529. The number of carbonyl (C=O) groups excluding carboxylic acids is 1. The summed E-state index contributed by atoms with van der Waals surface area (Å²) in [5.41, 5.74) is 1.26. The second kappa shape index (κ2) is 5.74. The highest BCUT2D eigenvalue weighted by Gasteiger charge is 2.33. The van der Waals surface area contributed by atoms with E-state index in [4.69, 9.17) is 5.11 Å². The van der Waals surface area contributed by atoms with Crippen molar-refractivity contribution in [1.82, 2.24) is 4.90 Å². The van der Waals surface area contributed by atoms with Crippen LogP contribution < -0.4 is 0 Å². The molecule has 0 radical (unpaired) electrons. The van der Waals surface area contributed by atoms with E-state index in [9.17, 15) is 9.59 Å². The number of likely N-dealkylation sites (tertiary alicyclic amines) is 1. The topological polar surface area (TPSA) is 57.6 Å². The van der Waals surface area contributed by atoms with E-state index in [0.29, 0.717) is 13.1 Å². The van der Waals surface area contributed by atoms with Gasteiger partial charge in [-0.1, -0.05) is 13.3 Å². The molecule has 1 N–H and O–H groups in total. The Bertz CT molecular complexity index is 489. The fourth-order valence-electron chi connectivity index (χ4n) is 2.41. The maximum atomic E-state index is 12.2. The van der Waals surface area contributed by atoms with Gasteiger partial charge in [-0.3, -0.25) is 9.59 Å². The predicted molar refractivity (Wildman–Crippen MR) is 74.7 cm³/mol. The lowest BCUT2D eigenvalue weighted by Crippen LogP contribution is -2.50. The van der Waals surface area contributed by atoms with Crippen molar-refractivity contribution < 1.29 is 14.7 Å². The van der Waals surface area contributed by atoms with Crippen LogP contribution in [0, 0.1) is 12.8 Å². The molecule has 104 valence electrons. The van der Waals surface area contributed by atoms with Gasteiger partial charge in [0.2, 0.25) is 0 Å². The van der Waals surface area contributed by atoms with Crippen LogP contribution in [0.25, 0.3) is 0 Å². The first-order valence-electron chi connectivity index (χ1n) is 6.61. The number of rotatable bonds is 5. The fraction of sp³-hybridized carbons (Fsp3) is 0.571. The monoisotopic (exact) mass is 281 g/mol.